The van der Waals surface area contributed by atoms with Gasteiger partial charge in [-0.3, -0.25) is 0 Å². The van der Waals surface area contributed by atoms with E-state index < -0.39 is 11.9 Å². The van der Waals surface area contributed by atoms with Gasteiger partial charge in [0.25, 0.3) is 0 Å². The zero-order chi connectivity index (χ0) is 19.1. The highest BCUT2D eigenvalue weighted by Gasteiger charge is 2.37. The lowest BCUT2D eigenvalue weighted by atomic mass is 10.1. The van der Waals surface area contributed by atoms with Crippen molar-refractivity contribution < 1.29 is 14.6 Å². The van der Waals surface area contributed by atoms with Gasteiger partial charge in [-0.15, -0.1) is 23.5 Å². The molecule has 1 saturated heterocycles. The van der Waals surface area contributed by atoms with Crippen LogP contribution < -0.4 is 0 Å². The number of aliphatic hydroxyl groups excluding tert-OH is 1. The Balaban J connectivity index is 1.57. The fourth-order valence-corrected chi connectivity index (χ4v) is 5.57. The maximum atomic E-state index is 10.7. The fraction of sp³-hybridized carbons (Fsp3) is 0.455. The summed E-state index contributed by atoms with van der Waals surface area (Å²) >= 11 is 3.77. The third kappa shape index (κ3) is 6.84. The molecule has 27 heavy (non-hydrogen) atoms. The van der Waals surface area contributed by atoms with Crippen LogP contribution in [0.5, 0.6) is 0 Å². The minimum atomic E-state index is -0.602. The first-order valence-electron chi connectivity index (χ1n) is 9.33. The van der Waals surface area contributed by atoms with Gasteiger partial charge in [-0.1, -0.05) is 60.7 Å². The number of hydrogen-bond acceptors (Lipinski definition) is 5. The Hall–Kier alpha value is -0.980. The van der Waals surface area contributed by atoms with Crippen molar-refractivity contribution in [3.8, 4) is 0 Å². The second-order valence-electron chi connectivity index (χ2n) is 7.19. The molecule has 0 bridgehead atoms. The molecular formula is C22H28O3S2. The van der Waals surface area contributed by atoms with E-state index in [-0.39, 0.29) is 10.7 Å². The lowest BCUT2D eigenvalue weighted by Crippen LogP contribution is -2.32. The second-order valence-corrected chi connectivity index (χ2v) is 9.87. The topological polar surface area (TPSA) is 38.7 Å². The molecular weight excluding hydrogens is 376 g/mol. The molecule has 1 aliphatic heterocycles. The van der Waals surface area contributed by atoms with E-state index in [1.807, 2.05) is 49.5 Å². The zero-order valence-electron chi connectivity index (χ0n) is 15.9. The van der Waals surface area contributed by atoms with Gasteiger partial charge in [0.05, 0.1) is 17.3 Å². The van der Waals surface area contributed by atoms with Crippen molar-refractivity contribution >= 4 is 23.5 Å². The van der Waals surface area contributed by atoms with E-state index in [1.54, 1.807) is 0 Å². The molecule has 5 heteroatoms. The summed E-state index contributed by atoms with van der Waals surface area (Å²) in [5, 5.41) is 10.7. The van der Waals surface area contributed by atoms with Crippen LogP contribution in [0.3, 0.4) is 0 Å². The summed E-state index contributed by atoms with van der Waals surface area (Å²) < 4.78 is 11.7. The monoisotopic (exact) mass is 404 g/mol. The van der Waals surface area contributed by atoms with E-state index in [0.717, 1.165) is 11.5 Å². The first-order chi connectivity index (χ1) is 13.0. The molecule has 2 aromatic carbocycles. The van der Waals surface area contributed by atoms with Gasteiger partial charge in [0, 0.05) is 11.5 Å². The highest BCUT2D eigenvalue weighted by molar-refractivity contribution is 8.16. The highest BCUT2D eigenvalue weighted by atomic mass is 32.2. The summed E-state index contributed by atoms with van der Waals surface area (Å²) in [6, 6.07) is 21.0. The van der Waals surface area contributed by atoms with Gasteiger partial charge in [-0.2, -0.15) is 0 Å². The molecule has 2 aromatic rings. The van der Waals surface area contributed by atoms with Crippen LogP contribution in [0.25, 0.3) is 0 Å². The van der Waals surface area contributed by atoms with Crippen LogP contribution in [0.4, 0.5) is 0 Å². The molecule has 1 N–H and O–H groups in total. The Kier molecular flexibility index (Phi) is 7.67. The minimum absolute atomic E-state index is 0.253. The molecule has 1 fully saturated rings. The molecule has 0 unspecified atom stereocenters. The Labute approximate surface area is 170 Å². The number of thioether (sulfide) groups is 2. The zero-order valence-corrected chi connectivity index (χ0v) is 17.5. The van der Waals surface area contributed by atoms with Gasteiger partial charge < -0.3 is 14.6 Å². The number of hydrogen-bond donors (Lipinski definition) is 1. The van der Waals surface area contributed by atoms with Crippen molar-refractivity contribution in [1.82, 2.24) is 0 Å². The molecule has 3 rings (SSSR count). The smallest absolute Gasteiger partial charge is 0.163 e. The lowest BCUT2D eigenvalue weighted by molar-refractivity contribution is -0.151. The number of benzene rings is 2. The number of ether oxygens (including phenoxy) is 2. The lowest BCUT2D eigenvalue weighted by Gasteiger charge is -2.24. The second kappa shape index (κ2) is 9.99. The van der Waals surface area contributed by atoms with E-state index in [0.29, 0.717) is 13.0 Å². The van der Waals surface area contributed by atoms with Crippen molar-refractivity contribution in [2.45, 2.75) is 54.4 Å². The van der Waals surface area contributed by atoms with Crippen molar-refractivity contribution in [2.75, 3.05) is 6.61 Å². The van der Waals surface area contributed by atoms with E-state index in [9.17, 15) is 5.11 Å². The number of rotatable bonds is 9. The van der Waals surface area contributed by atoms with Gasteiger partial charge in [0.1, 0.15) is 6.10 Å². The normalized spacial score (nSPS) is 20.1. The molecule has 0 aromatic heterocycles. The highest BCUT2D eigenvalue weighted by Crippen LogP contribution is 2.35. The van der Waals surface area contributed by atoms with Crippen molar-refractivity contribution in [3.63, 3.8) is 0 Å². The predicted molar refractivity (Wildman–Crippen MR) is 115 cm³/mol. The molecule has 0 saturated carbocycles. The van der Waals surface area contributed by atoms with Crippen LogP contribution in [0, 0.1) is 0 Å². The SMILES string of the molecule is CC1(C)OC[C@H]([C@@H](O)CC(SCc2ccccc2)SCc2ccccc2)O1. The Bertz CT molecular complexity index is 635. The summed E-state index contributed by atoms with van der Waals surface area (Å²) in [7, 11) is 0. The molecule has 1 heterocycles. The van der Waals surface area contributed by atoms with Gasteiger partial charge >= 0.3 is 0 Å². The van der Waals surface area contributed by atoms with Crippen molar-refractivity contribution in [1.29, 1.82) is 0 Å². The molecule has 1 aliphatic rings. The van der Waals surface area contributed by atoms with Crippen LogP contribution in [-0.4, -0.2) is 34.3 Å². The average Bonchev–Trinajstić information content (AvgIpc) is 3.05. The van der Waals surface area contributed by atoms with Gasteiger partial charge in [-0.25, -0.2) is 0 Å². The molecule has 3 nitrogen and oxygen atoms in total. The summed E-state index contributed by atoms with van der Waals surface area (Å²) in [4.78, 5) is 0. The van der Waals surface area contributed by atoms with E-state index in [2.05, 4.69) is 48.5 Å². The van der Waals surface area contributed by atoms with Crippen LogP contribution in [0.2, 0.25) is 0 Å². The number of aliphatic hydroxyl groups is 1. The molecule has 0 amide bonds. The third-order valence-corrected chi connectivity index (χ3v) is 7.40. The maximum Gasteiger partial charge on any atom is 0.163 e. The van der Waals surface area contributed by atoms with E-state index >= 15 is 0 Å². The van der Waals surface area contributed by atoms with Crippen LogP contribution in [0.15, 0.2) is 60.7 Å². The summed E-state index contributed by atoms with van der Waals surface area (Å²) in [6.07, 6.45) is -0.0977. The van der Waals surface area contributed by atoms with Gasteiger partial charge in [-0.05, 0) is 31.4 Å². The van der Waals surface area contributed by atoms with Crippen LogP contribution >= 0.6 is 23.5 Å². The third-order valence-electron chi connectivity index (χ3n) is 4.45. The minimum Gasteiger partial charge on any atom is -0.390 e. The molecule has 0 spiro atoms. The largest absolute Gasteiger partial charge is 0.390 e. The molecule has 0 radical (unpaired) electrons. The molecule has 146 valence electrons. The van der Waals surface area contributed by atoms with Gasteiger partial charge in [0.2, 0.25) is 0 Å². The van der Waals surface area contributed by atoms with E-state index in [1.165, 1.54) is 11.1 Å². The van der Waals surface area contributed by atoms with Gasteiger partial charge in [0.15, 0.2) is 5.79 Å². The quantitative estimate of drug-likeness (QED) is 0.590. The average molecular weight is 405 g/mol. The molecule has 2 atom stereocenters. The standard InChI is InChI=1S/C22H28O3S2/c1-22(2)24-14-20(25-22)19(23)13-21(26-15-17-9-5-3-6-10-17)27-16-18-11-7-4-8-12-18/h3-12,19-21,23H,13-16H2,1-2H3/t19-,20+/m0/s1. The molecule has 0 aliphatic carbocycles. The van der Waals surface area contributed by atoms with Crippen molar-refractivity contribution in [2.24, 2.45) is 0 Å². The Morgan fingerprint density at radius 3 is 1.93 bits per heavy atom. The Morgan fingerprint density at radius 1 is 0.963 bits per heavy atom. The van der Waals surface area contributed by atoms with E-state index in [4.69, 9.17) is 9.47 Å². The Morgan fingerprint density at radius 2 is 1.48 bits per heavy atom. The first kappa shape index (κ1) is 20.7. The summed E-state index contributed by atoms with van der Waals surface area (Å²) in [5.74, 6) is 1.27. The maximum absolute atomic E-state index is 10.7. The summed E-state index contributed by atoms with van der Waals surface area (Å²) in [6.45, 7) is 4.24. The van der Waals surface area contributed by atoms with Crippen LogP contribution in [0.1, 0.15) is 31.4 Å². The first-order valence-corrected chi connectivity index (χ1v) is 11.4. The summed E-state index contributed by atoms with van der Waals surface area (Å²) in [5.41, 5.74) is 2.62. The predicted octanol–water partition coefficient (Wildman–Crippen LogP) is 5.08. The van der Waals surface area contributed by atoms with Crippen molar-refractivity contribution in [3.05, 3.63) is 71.8 Å². The fourth-order valence-electron chi connectivity index (χ4n) is 2.96. The van der Waals surface area contributed by atoms with Crippen LogP contribution in [-0.2, 0) is 21.0 Å².